The third-order valence-corrected chi connectivity index (χ3v) is 3.26. The van der Waals surface area contributed by atoms with E-state index in [4.69, 9.17) is 9.47 Å². The number of benzene rings is 1. The SMILES string of the molecule is COc1cc(OC)nc(-n2c(C)nc3cc(C)ccc32)n1. The Morgan fingerprint density at radius 3 is 2.19 bits per heavy atom. The van der Waals surface area contributed by atoms with E-state index in [0.29, 0.717) is 17.7 Å². The topological polar surface area (TPSA) is 62.1 Å². The number of hydrogen-bond acceptors (Lipinski definition) is 5. The van der Waals surface area contributed by atoms with Crippen molar-refractivity contribution in [1.82, 2.24) is 19.5 Å². The first-order valence-corrected chi connectivity index (χ1v) is 6.55. The second-order valence-electron chi connectivity index (χ2n) is 4.74. The summed E-state index contributed by atoms with van der Waals surface area (Å²) in [7, 11) is 3.13. The lowest BCUT2D eigenvalue weighted by atomic mass is 10.2. The molecule has 3 aromatic rings. The molecule has 0 bridgehead atoms. The van der Waals surface area contributed by atoms with Crippen LogP contribution in [0.2, 0.25) is 0 Å². The van der Waals surface area contributed by atoms with Crippen molar-refractivity contribution in [3.8, 4) is 17.7 Å². The third kappa shape index (κ3) is 2.29. The van der Waals surface area contributed by atoms with Crippen LogP contribution in [0.3, 0.4) is 0 Å². The molecule has 0 amide bonds. The van der Waals surface area contributed by atoms with Gasteiger partial charge < -0.3 is 9.47 Å². The maximum Gasteiger partial charge on any atom is 0.242 e. The van der Waals surface area contributed by atoms with Crippen LogP contribution in [0, 0.1) is 13.8 Å². The zero-order valence-corrected chi connectivity index (χ0v) is 12.4. The number of aryl methyl sites for hydroxylation is 2. The fourth-order valence-corrected chi connectivity index (χ4v) is 2.26. The molecule has 0 unspecified atom stereocenters. The van der Waals surface area contributed by atoms with Gasteiger partial charge in [-0.05, 0) is 31.5 Å². The van der Waals surface area contributed by atoms with E-state index in [-0.39, 0.29) is 0 Å². The molecule has 0 radical (unpaired) electrons. The van der Waals surface area contributed by atoms with E-state index >= 15 is 0 Å². The van der Waals surface area contributed by atoms with Gasteiger partial charge in [0.05, 0.1) is 31.3 Å². The van der Waals surface area contributed by atoms with Crippen LogP contribution >= 0.6 is 0 Å². The van der Waals surface area contributed by atoms with Crippen LogP contribution in [0.15, 0.2) is 24.3 Å². The van der Waals surface area contributed by atoms with Gasteiger partial charge in [0, 0.05) is 0 Å². The van der Waals surface area contributed by atoms with Crippen LogP contribution < -0.4 is 9.47 Å². The van der Waals surface area contributed by atoms with Crippen LogP contribution in [0.4, 0.5) is 0 Å². The number of aromatic nitrogens is 4. The summed E-state index contributed by atoms with van der Waals surface area (Å²) in [6.07, 6.45) is 0. The molecule has 0 N–H and O–H groups in total. The normalized spacial score (nSPS) is 10.9. The lowest BCUT2D eigenvalue weighted by Gasteiger charge is -2.09. The standard InChI is InChI=1S/C15H16N4O2/c1-9-5-6-12-11(7-9)16-10(2)19(12)15-17-13(20-3)8-14(18-15)21-4/h5-8H,1-4H3. The van der Waals surface area contributed by atoms with E-state index < -0.39 is 0 Å². The van der Waals surface area contributed by atoms with Crippen molar-refractivity contribution < 1.29 is 9.47 Å². The number of hydrogen-bond donors (Lipinski definition) is 0. The Morgan fingerprint density at radius 2 is 1.57 bits per heavy atom. The molecule has 6 heteroatoms. The quantitative estimate of drug-likeness (QED) is 0.739. The molecule has 0 aliphatic carbocycles. The Labute approximate surface area is 122 Å². The molecule has 2 heterocycles. The fourth-order valence-electron chi connectivity index (χ4n) is 2.26. The minimum absolute atomic E-state index is 0.449. The maximum absolute atomic E-state index is 5.20. The third-order valence-electron chi connectivity index (χ3n) is 3.26. The molecule has 0 fully saturated rings. The molecule has 0 aliphatic heterocycles. The zero-order valence-electron chi connectivity index (χ0n) is 12.4. The summed E-state index contributed by atoms with van der Waals surface area (Å²) in [5.74, 6) is 2.19. The van der Waals surface area contributed by atoms with Crippen molar-refractivity contribution in [1.29, 1.82) is 0 Å². The molecule has 6 nitrogen and oxygen atoms in total. The van der Waals surface area contributed by atoms with E-state index in [0.717, 1.165) is 22.4 Å². The first-order valence-electron chi connectivity index (χ1n) is 6.55. The van der Waals surface area contributed by atoms with Crippen molar-refractivity contribution >= 4 is 11.0 Å². The van der Waals surface area contributed by atoms with Gasteiger partial charge in [-0.3, -0.25) is 4.57 Å². The Hall–Kier alpha value is -2.63. The van der Waals surface area contributed by atoms with Gasteiger partial charge >= 0.3 is 0 Å². The molecular weight excluding hydrogens is 268 g/mol. The average Bonchev–Trinajstić information content (AvgIpc) is 2.81. The van der Waals surface area contributed by atoms with Gasteiger partial charge in [0.1, 0.15) is 5.82 Å². The van der Waals surface area contributed by atoms with E-state index in [1.54, 1.807) is 20.3 Å². The lowest BCUT2D eigenvalue weighted by molar-refractivity contribution is 0.370. The highest BCUT2D eigenvalue weighted by atomic mass is 16.5. The summed E-state index contributed by atoms with van der Waals surface area (Å²) >= 11 is 0. The van der Waals surface area contributed by atoms with Crippen LogP contribution in [-0.2, 0) is 0 Å². The lowest BCUT2D eigenvalue weighted by Crippen LogP contribution is -2.05. The highest BCUT2D eigenvalue weighted by molar-refractivity contribution is 5.78. The molecule has 2 aromatic heterocycles. The highest BCUT2D eigenvalue weighted by Crippen LogP contribution is 2.23. The zero-order chi connectivity index (χ0) is 15.0. The van der Waals surface area contributed by atoms with Gasteiger partial charge in [-0.25, -0.2) is 4.98 Å². The summed E-state index contributed by atoms with van der Waals surface area (Å²) in [6.45, 7) is 3.96. The first kappa shape index (κ1) is 13.4. The Balaban J connectivity index is 2.27. The Morgan fingerprint density at radius 1 is 0.905 bits per heavy atom. The van der Waals surface area contributed by atoms with Gasteiger partial charge in [-0.15, -0.1) is 0 Å². The molecule has 0 atom stereocenters. The second-order valence-corrected chi connectivity index (χ2v) is 4.74. The van der Waals surface area contributed by atoms with Crippen LogP contribution in [0.25, 0.3) is 17.0 Å². The summed E-state index contributed by atoms with van der Waals surface area (Å²) in [6, 6.07) is 7.73. The van der Waals surface area contributed by atoms with Crippen molar-refractivity contribution in [2.24, 2.45) is 0 Å². The smallest absolute Gasteiger partial charge is 0.242 e. The largest absolute Gasteiger partial charge is 0.481 e. The number of rotatable bonds is 3. The summed E-state index contributed by atoms with van der Waals surface area (Å²) in [5, 5.41) is 0. The molecule has 21 heavy (non-hydrogen) atoms. The number of fused-ring (bicyclic) bond motifs is 1. The number of imidazole rings is 1. The maximum atomic E-state index is 5.20. The van der Waals surface area contributed by atoms with Crippen LogP contribution in [0.1, 0.15) is 11.4 Å². The van der Waals surface area contributed by atoms with Gasteiger partial charge in [-0.2, -0.15) is 9.97 Å². The van der Waals surface area contributed by atoms with E-state index in [9.17, 15) is 0 Å². The Kier molecular flexibility index (Phi) is 3.21. The van der Waals surface area contributed by atoms with E-state index in [1.165, 1.54) is 0 Å². The minimum Gasteiger partial charge on any atom is -0.481 e. The summed E-state index contributed by atoms with van der Waals surface area (Å²) in [5.41, 5.74) is 3.03. The van der Waals surface area contributed by atoms with Gasteiger partial charge in [0.15, 0.2) is 0 Å². The van der Waals surface area contributed by atoms with Crippen molar-refractivity contribution in [2.45, 2.75) is 13.8 Å². The minimum atomic E-state index is 0.449. The number of ether oxygens (including phenoxy) is 2. The molecule has 0 saturated heterocycles. The van der Waals surface area contributed by atoms with Crippen molar-refractivity contribution in [3.05, 3.63) is 35.7 Å². The first-order chi connectivity index (χ1) is 10.1. The number of methoxy groups -OCH3 is 2. The number of nitrogens with zero attached hydrogens (tertiary/aromatic N) is 4. The average molecular weight is 284 g/mol. The summed E-state index contributed by atoms with van der Waals surface area (Å²) < 4.78 is 12.3. The molecule has 0 aliphatic rings. The van der Waals surface area contributed by atoms with E-state index in [1.807, 2.05) is 36.6 Å². The van der Waals surface area contributed by atoms with Gasteiger partial charge in [-0.1, -0.05) is 6.07 Å². The molecule has 0 saturated carbocycles. The van der Waals surface area contributed by atoms with Crippen LogP contribution in [0.5, 0.6) is 11.8 Å². The molecule has 1 aromatic carbocycles. The second kappa shape index (κ2) is 5.05. The molecule has 3 rings (SSSR count). The van der Waals surface area contributed by atoms with Crippen molar-refractivity contribution in [2.75, 3.05) is 14.2 Å². The monoisotopic (exact) mass is 284 g/mol. The summed E-state index contributed by atoms with van der Waals surface area (Å²) in [4.78, 5) is 13.3. The fraction of sp³-hybridized carbons (Fsp3) is 0.267. The molecular formula is C15H16N4O2. The molecule has 108 valence electrons. The van der Waals surface area contributed by atoms with Gasteiger partial charge in [0.2, 0.25) is 17.7 Å². The van der Waals surface area contributed by atoms with Crippen LogP contribution in [-0.4, -0.2) is 33.7 Å². The van der Waals surface area contributed by atoms with Crippen molar-refractivity contribution in [3.63, 3.8) is 0 Å². The predicted octanol–water partition coefficient (Wildman–Crippen LogP) is 2.45. The Bertz CT molecular complexity index is 789. The van der Waals surface area contributed by atoms with E-state index in [2.05, 4.69) is 15.0 Å². The predicted molar refractivity (Wildman–Crippen MR) is 79.2 cm³/mol. The van der Waals surface area contributed by atoms with Gasteiger partial charge in [0.25, 0.3) is 0 Å². The molecule has 0 spiro atoms. The highest BCUT2D eigenvalue weighted by Gasteiger charge is 2.14.